The smallest absolute Gasteiger partial charge is 0.130 e. The Bertz CT molecular complexity index is 579. The summed E-state index contributed by atoms with van der Waals surface area (Å²) in [5.41, 5.74) is 2.38. The highest BCUT2D eigenvalue weighted by atomic mass is 16.5. The number of ether oxygens (including phenoxy) is 2. The summed E-state index contributed by atoms with van der Waals surface area (Å²) in [6.07, 6.45) is -0.651. The molecule has 1 aromatic carbocycles. The van der Waals surface area contributed by atoms with Crippen LogP contribution in [0.5, 0.6) is 11.5 Å². The van der Waals surface area contributed by atoms with Crippen LogP contribution in [0, 0.1) is 6.92 Å². The Labute approximate surface area is 106 Å². The van der Waals surface area contributed by atoms with Gasteiger partial charge in [-0.05, 0) is 26.0 Å². The minimum Gasteiger partial charge on any atom is -0.496 e. The summed E-state index contributed by atoms with van der Waals surface area (Å²) in [6, 6.07) is 5.54. The highest BCUT2D eigenvalue weighted by Gasteiger charge is 2.17. The van der Waals surface area contributed by atoms with Crippen molar-refractivity contribution in [1.82, 2.24) is 4.98 Å². The molecule has 0 aliphatic rings. The van der Waals surface area contributed by atoms with E-state index in [9.17, 15) is 5.11 Å². The number of fused-ring (bicyclic) bond motifs is 1. The SMILES string of the molecule is COc1ccc2nc(C)cc(OC)c2c1C(C)O. The van der Waals surface area contributed by atoms with Crippen molar-refractivity contribution in [3.63, 3.8) is 0 Å². The van der Waals surface area contributed by atoms with E-state index in [0.717, 1.165) is 16.6 Å². The predicted octanol–water partition coefficient (Wildman–Crippen LogP) is 2.61. The third-order valence-electron chi connectivity index (χ3n) is 2.92. The summed E-state index contributed by atoms with van der Waals surface area (Å²) < 4.78 is 10.7. The molecule has 0 amide bonds. The summed E-state index contributed by atoms with van der Waals surface area (Å²) in [4.78, 5) is 4.46. The molecule has 0 aliphatic heterocycles. The fourth-order valence-electron chi connectivity index (χ4n) is 2.18. The number of pyridine rings is 1. The Morgan fingerprint density at radius 3 is 2.39 bits per heavy atom. The van der Waals surface area contributed by atoms with Crippen molar-refractivity contribution in [2.45, 2.75) is 20.0 Å². The molecule has 96 valence electrons. The van der Waals surface area contributed by atoms with Crippen molar-refractivity contribution in [3.8, 4) is 11.5 Å². The minimum atomic E-state index is -0.651. The number of aliphatic hydroxyl groups is 1. The number of aromatic nitrogens is 1. The van der Waals surface area contributed by atoms with Crippen LogP contribution in [0.1, 0.15) is 24.3 Å². The highest BCUT2D eigenvalue weighted by Crippen LogP contribution is 2.37. The Morgan fingerprint density at radius 2 is 1.83 bits per heavy atom. The normalized spacial score (nSPS) is 12.5. The van der Waals surface area contributed by atoms with Gasteiger partial charge in [0.25, 0.3) is 0 Å². The lowest BCUT2D eigenvalue weighted by Crippen LogP contribution is -2.01. The van der Waals surface area contributed by atoms with Crippen molar-refractivity contribution in [2.24, 2.45) is 0 Å². The standard InChI is InChI=1S/C14H17NO3/c1-8-7-12(18-4)14-10(15-8)5-6-11(17-3)13(14)9(2)16/h5-7,9,16H,1-4H3. The van der Waals surface area contributed by atoms with Gasteiger partial charge in [-0.25, -0.2) is 0 Å². The molecule has 0 bridgehead atoms. The van der Waals surface area contributed by atoms with Gasteiger partial charge in [0.15, 0.2) is 0 Å². The summed E-state index contributed by atoms with van der Waals surface area (Å²) in [5, 5.41) is 10.8. The van der Waals surface area contributed by atoms with Crippen LogP contribution in [-0.4, -0.2) is 24.3 Å². The lowest BCUT2D eigenvalue weighted by Gasteiger charge is -2.16. The predicted molar refractivity (Wildman–Crippen MR) is 70.2 cm³/mol. The van der Waals surface area contributed by atoms with E-state index in [1.807, 2.05) is 25.1 Å². The fraction of sp³-hybridized carbons (Fsp3) is 0.357. The second kappa shape index (κ2) is 4.82. The van der Waals surface area contributed by atoms with Gasteiger partial charge < -0.3 is 14.6 Å². The van der Waals surface area contributed by atoms with Gasteiger partial charge in [0.2, 0.25) is 0 Å². The highest BCUT2D eigenvalue weighted by molar-refractivity contribution is 5.91. The molecule has 0 radical (unpaired) electrons. The van der Waals surface area contributed by atoms with Crippen LogP contribution in [-0.2, 0) is 0 Å². The first-order valence-electron chi connectivity index (χ1n) is 5.78. The maximum absolute atomic E-state index is 9.96. The first-order valence-corrected chi connectivity index (χ1v) is 5.78. The maximum atomic E-state index is 9.96. The number of nitrogens with zero attached hydrogens (tertiary/aromatic N) is 1. The molecule has 2 aromatic rings. The fourth-order valence-corrected chi connectivity index (χ4v) is 2.18. The second-order valence-electron chi connectivity index (χ2n) is 4.22. The molecule has 2 rings (SSSR count). The Morgan fingerprint density at radius 1 is 1.17 bits per heavy atom. The zero-order chi connectivity index (χ0) is 13.3. The van der Waals surface area contributed by atoms with Crippen LogP contribution < -0.4 is 9.47 Å². The number of aliphatic hydroxyl groups excluding tert-OH is 1. The van der Waals surface area contributed by atoms with E-state index >= 15 is 0 Å². The summed E-state index contributed by atoms with van der Waals surface area (Å²) in [6.45, 7) is 3.62. The van der Waals surface area contributed by atoms with E-state index in [1.165, 1.54) is 0 Å². The first-order chi connectivity index (χ1) is 8.58. The van der Waals surface area contributed by atoms with Crippen LogP contribution in [0.15, 0.2) is 18.2 Å². The van der Waals surface area contributed by atoms with Gasteiger partial charge in [-0.2, -0.15) is 0 Å². The largest absolute Gasteiger partial charge is 0.496 e. The van der Waals surface area contributed by atoms with Gasteiger partial charge in [0.1, 0.15) is 11.5 Å². The van der Waals surface area contributed by atoms with Crippen LogP contribution in [0.2, 0.25) is 0 Å². The van der Waals surface area contributed by atoms with E-state index in [-0.39, 0.29) is 0 Å². The third-order valence-corrected chi connectivity index (χ3v) is 2.92. The number of benzene rings is 1. The Balaban J connectivity index is 2.89. The monoisotopic (exact) mass is 247 g/mol. The lowest BCUT2D eigenvalue weighted by molar-refractivity contribution is 0.195. The zero-order valence-corrected chi connectivity index (χ0v) is 11.0. The lowest BCUT2D eigenvalue weighted by atomic mass is 10.0. The van der Waals surface area contributed by atoms with Crippen molar-refractivity contribution in [1.29, 1.82) is 0 Å². The van der Waals surface area contributed by atoms with Crippen molar-refractivity contribution < 1.29 is 14.6 Å². The zero-order valence-electron chi connectivity index (χ0n) is 11.0. The number of hydrogen-bond donors (Lipinski definition) is 1. The average Bonchev–Trinajstić information content (AvgIpc) is 2.35. The molecule has 0 saturated heterocycles. The molecule has 1 heterocycles. The van der Waals surface area contributed by atoms with Crippen molar-refractivity contribution >= 4 is 10.9 Å². The van der Waals surface area contributed by atoms with Gasteiger partial charge in [-0.1, -0.05) is 0 Å². The molecule has 0 saturated carbocycles. The molecule has 1 N–H and O–H groups in total. The molecule has 4 heteroatoms. The second-order valence-corrected chi connectivity index (χ2v) is 4.22. The molecule has 1 aromatic heterocycles. The van der Waals surface area contributed by atoms with Gasteiger partial charge in [-0.15, -0.1) is 0 Å². The van der Waals surface area contributed by atoms with Crippen molar-refractivity contribution in [3.05, 3.63) is 29.5 Å². The summed E-state index contributed by atoms with van der Waals surface area (Å²) >= 11 is 0. The molecular weight excluding hydrogens is 230 g/mol. The molecule has 18 heavy (non-hydrogen) atoms. The van der Waals surface area contributed by atoms with E-state index in [4.69, 9.17) is 9.47 Å². The summed E-state index contributed by atoms with van der Waals surface area (Å²) in [5.74, 6) is 1.34. The van der Waals surface area contributed by atoms with Crippen molar-refractivity contribution in [2.75, 3.05) is 14.2 Å². The Hall–Kier alpha value is -1.81. The van der Waals surface area contributed by atoms with Crippen LogP contribution in [0.3, 0.4) is 0 Å². The Kier molecular flexibility index (Phi) is 3.39. The van der Waals surface area contributed by atoms with Crippen LogP contribution in [0.4, 0.5) is 0 Å². The molecule has 4 nitrogen and oxygen atoms in total. The topological polar surface area (TPSA) is 51.6 Å². The number of aryl methyl sites for hydroxylation is 1. The van der Waals surface area contributed by atoms with E-state index in [2.05, 4.69) is 4.98 Å². The van der Waals surface area contributed by atoms with Gasteiger partial charge in [0.05, 0.1) is 31.2 Å². The minimum absolute atomic E-state index is 0.640. The third kappa shape index (κ3) is 1.99. The van der Waals surface area contributed by atoms with Crippen LogP contribution in [0.25, 0.3) is 10.9 Å². The van der Waals surface area contributed by atoms with Crippen LogP contribution >= 0.6 is 0 Å². The molecule has 0 spiro atoms. The molecule has 0 aliphatic carbocycles. The molecule has 1 unspecified atom stereocenters. The van der Waals surface area contributed by atoms with Gasteiger partial charge in [-0.3, -0.25) is 4.98 Å². The number of methoxy groups -OCH3 is 2. The van der Waals surface area contributed by atoms with E-state index < -0.39 is 6.10 Å². The van der Waals surface area contributed by atoms with Gasteiger partial charge >= 0.3 is 0 Å². The number of hydrogen-bond acceptors (Lipinski definition) is 4. The molecular formula is C14H17NO3. The first kappa shape index (κ1) is 12.6. The maximum Gasteiger partial charge on any atom is 0.130 e. The molecule has 0 fully saturated rings. The average molecular weight is 247 g/mol. The molecule has 1 atom stereocenters. The quantitative estimate of drug-likeness (QED) is 0.905. The summed E-state index contributed by atoms with van der Waals surface area (Å²) in [7, 11) is 3.20. The number of rotatable bonds is 3. The van der Waals surface area contributed by atoms with Gasteiger partial charge in [0, 0.05) is 17.3 Å². The van der Waals surface area contributed by atoms with E-state index in [1.54, 1.807) is 21.1 Å². The van der Waals surface area contributed by atoms with E-state index in [0.29, 0.717) is 17.1 Å².